The Kier molecular flexibility index (Phi) is 12.8. The number of allylic oxidation sites excluding steroid dienone is 3. The number of nitrogens with one attached hydrogen (secondary N) is 2. The fraction of sp³-hybridized carbons (Fsp3) is 0.450. The maximum absolute atomic E-state index is 12.9. The molecule has 3 fully saturated rings. The van der Waals surface area contributed by atoms with Crippen LogP contribution in [0, 0.1) is 23.7 Å². The Morgan fingerprint density at radius 3 is 2.74 bits per heavy atom. The summed E-state index contributed by atoms with van der Waals surface area (Å²) in [5.74, 6) is 10.6. The molecule has 0 aromatic heterocycles. The number of phenols is 2. The molecule has 4 aromatic carbocycles. The van der Waals surface area contributed by atoms with Gasteiger partial charge < -0.3 is 45.5 Å². The van der Waals surface area contributed by atoms with Gasteiger partial charge in [0.1, 0.15) is 36.1 Å². The van der Waals surface area contributed by atoms with Crippen LogP contribution in [0.3, 0.4) is 0 Å². The van der Waals surface area contributed by atoms with Crippen molar-refractivity contribution in [1.29, 1.82) is 0 Å². The van der Waals surface area contributed by atoms with Gasteiger partial charge in [0.2, 0.25) is 0 Å². The van der Waals surface area contributed by atoms with Crippen LogP contribution in [-0.4, -0.2) is 65.3 Å². The van der Waals surface area contributed by atoms with Crippen molar-refractivity contribution in [2.75, 3.05) is 19.5 Å². The summed E-state index contributed by atoms with van der Waals surface area (Å²) < 4.78 is 27.2. The van der Waals surface area contributed by atoms with E-state index in [1.54, 1.807) is 13.2 Å². The second kappa shape index (κ2) is 19.4. The molecule has 0 radical (unpaired) electrons. The Morgan fingerprint density at radius 1 is 1.03 bits per heavy atom. The van der Waals surface area contributed by atoms with Crippen LogP contribution in [0.25, 0.3) is 17.2 Å². The number of aromatic hydroxyl groups is 2. The predicted molar refractivity (Wildman–Crippen MR) is 286 cm³/mol. The lowest BCUT2D eigenvalue weighted by Crippen LogP contribution is -2.52. The lowest BCUT2D eigenvalue weighted by Gasteiger charge is -2.39. The highest BCUT2D eigenvalue weighted by Crippen LogP contribution is 2.63. The summed E-state index contributed by atoms with van der Waals surface area (Å²) in [5, 5.41) is 31.4. The standard InChI is InChI=1S/C60H65N3O7S2/c1-4-37-25-39-22-35-20-21-60(29-35)30-40-26-42(65)28-50(67-3)52(40)44-17-16-43-46(31-68-33(2)64)56(70-57(43)54(44)60)53-38(13-9-15-47(39)63-59(37)61)27-49(66)55-45(53)18-19-48-58(69-55)51(24-34-10-6-5-7-11-34)72-71-32-36-12-8-14-41(23-36)62-48/h5-7,10-11,16-19,25-28,35-36,41,46,48,51,56,58-59,62-63,65-66H,4,8,12-14,20-24,29-32,61H2,1-3H3/t35-,36+,41-,46-,48+,51+,56-,58-,59?,60-/m0/s1. The smallest absolute Gasteiger partial charge is 0.302 e. The van der Waals surface area contributed by atoms with Gasteiger partial charge in [-0.3, -0.25) is 4.79 Å². The first-order valence-electron chi connectivity index (χ1n) is 26.2. The average molecular weight is 1000 g/mol. The normalized spacial score (nSPS) is 29.7. The number of carbonyl (C=O) groups excluding carboxylic acids is 1. The molecule has 3 aliphatic carbocycles. The number of benzene rings is 4. The molecule has 1 unspecified atom stereocenters. The van der Waals surface area contributed by atoms with Crippen molar-refractivity contribution in [3.05, 3.63) is 129 Å². The number of phenolic OH excluding ortho intramolecular Hbond substituents is 2. The monoisotopic (exact) mass is 1000 g/mol. The SMILES string of the molecule is CCC1=CC2=C(C#CCc3cc(O)c4c(c3[C@H]3Oc5c(ccc6c5[C@]5(CC[C@@H](C2)C5)Cc2cc(O)cc(OC)c2-6)[C@@H]3COC(C)=O)C=C[C@H]2N[C@H]3CCC[C@@H](CSS[C@H](Cc5ccccc5)[C@H]2O4)C3)NC1N. The minimum atomic E-state index is -0.645. The number of hydrogen-bond acceptors (Lipinski definition) is 12. The summed E-state index contributed by atoms with van der Waals surface area (Å²) >= 11 is 0. The largest absolute Gasteiger partial charge is 0.508 e. The molecule has 12 heteroatoms. The molecule has 10 nitrogen and oxygen atoms in total. The van der Waals surface area contributed by atoms with Crippen molar-refractivity contribution in [3.63, 3.8) is 0 Å². The van der Waals surface area contributed by atoms with Gasteiger partial charge >= 0.3 is 5.97 Å². The molecule has 2 saturated carbocycles. The van der Waals surface area contributed by atoms with Crippen molar-refractivity contribution >= 4 is 33.6 Å². The van der Waals surface area contributed by atoms with E-state index in [1.807, 2.05) is 33.7 Å². The molecule has 4 aromatic rings. The molecule has 10 atom stereocenters. The highest BCUT2D eigenvalue weighted by Gasteiger charge is 2.52. The Labute approximate surface area is 431 Å². The average Bonchev–Trinajstić information content (AvgIpc) is 3.88. The van der Waals surface area contributed by atoms with Crippen molar-refractivity contribution in [1.82, 2.24) is 10.6 Å². The maximum atomic E-state index is 12.9. The van der Waals surface area contributed by atoms with E-state index >= 15 is 0 Å². The topological polar surface area (TPSA) is 145 Å². The zero-order valence-electron chi connectivity index (χ0n) is 41.4. The lowest BCUT2D eigenvalue weighted by molar-refractivity contribution is -0.141. The fourth-order valence-electron chi connectivity index (χ4n) is 13.8. The van der Waals surface area contributed by atoms with Crippen LogP contribution < -0.4 is 30.6 Å². The van der Waals surface area contributed by atoms with E-state index in [4.69, 9.17) is 24.7 Å². The van der Waals surface area contributed by atoms with Crippen LogP contribution in [0.1, 0.15) is 123 Å². The minimum absolute atomic E-state index is 0.0507. The number of ether oxygens (including phenoxy) is 4. The minimum Gasteiger partial charge on any atom is -0.508 e. The number of esters is 1. The van der Waals surface area contributed by atoms with Crippen LogP contribution in [0.15, 0.2) is 89.7 Å². The molecule has 6 N–H and O–H groups in total. The summed E-state index contributed by atoms with van der Waals surface area (Å²) in [6.07, 6.45) is 16.4. The van der Waals surface area contributed by atoms with Crippen LogP contribution >= 0.6 is 21.6 Å². The number of nitrogens with two attached hydrogens (primary N) is 1. The van der Waals surface area contributed by atoms with Gasteiger partial charge in [-0.1, -0.05) is 102 Å². The molecule has 8 aliphatic rings. The van der Waals surface area contributed by atoms with Gasteiger partial charge in [-0.15, -0.1) is 0 Å². The number of rotatable bonds is 6. The third-order valence-corrected chi connectivity index (χ3v) is 20.0. The molecule has 1 saturated heterocycles. The van der Waals surface area contributed by atoms with Gasteiger partial charge in [-0.25, -0.2) is 0 Å². The van der Waals surface area contributed by atoms with Crippen molar-refractivity contribution in [3.8, 4) is 51.7 Å². The molecule has 6 bridgehead atoms. The Hall–Kier alpha value is -5.45. The van der Waals surface area contributed by atoms with E-state index in [1.165, 1.54) is 30.9 Å². The maximum Gasteiger partial charge on any atom is 0.302 e. The van der Waals surface area contributed by atoms with E-state index in [0.29, 0.717) is 42.2 Å². The van der Waals surface area contributed by atoms with Gasteiger partial charge in [-0.2, -0.15) is 0 Å². The fourth-order valence-corrected chi connectivity index (χ4v) is 17.0. The summed E-state index contributed by atoms with van der Waals surface area (Å²) in [6, 6.07) is 20.7. The van der Waals surface area contributed by atoms with Gasteiger partial charge in [0, 0.05) is 64.4 Å². The van der Waals surface area contributed by atoms with Gasteiger partial charge in [-0.05, 0) is 127 Å². The molecule has 374 valence electrons. The first kappa shape index (κ1) is 47.5. The van der Waals surface area contributed by atoms with Crippen molar-refractivity contribution < 1.29 is 34.0 Å². The van der Waals surface area contributed by atoms with E-state index in [9.17, 15) is 15.0 Å². The Balaban J connectivity index is 1.07. The Bertz CT molecular complexity index is 2980. The summed E-state index contributed by atoms with van der Waals surface area (Å²) in [5.41, 5.74) is 18.5. The van der Waals surface area contributed by atoms with Gasteiger partial charge in [0.05, 0.1) is 36.2 Å². The third kappa shape index (κ3) is 8.66. The highest BCUT2D eigenvalue weighted by molar-refractivity contribution is 8.77. The van der Waals surface area contributed by atoms with Crippen LogP contribution in [0.2, 0.25) is 0 Å². The quantitative estimate of drug-likeness (QED) is 0.0712. The van der Waals surface area contributed by atoms with E-state index < -0.39 is 12.0 Å². The molecular formula is C60H65N3O7S2. The lowest BCUT2D eigenvalue weighted by atomic mass is 9.65. The zero-order chi connectivity index (χ0) is 49.3. The van der Waals surface area contributed by atoms with E-state index in [2.05, 4.69) is 90.1 Å². The van der Waals surface area contributed by atoms with Crippen LogP contribution in [-0.2, 0) is 34.2 Å². The third-order valence-electron chi connectivity index (χ3n) is 17.0. The zero-order valence-corrected chi connectivity index (χ0v) is 43.1. The number of fused-ring (bicyclic) bond motifs is 11. The number of carbonyl (C=O) groups is 1. The molecule has 0 amide bonds. The van der Waals surface area contributed by atoms with E-state index in [0.717, 1.165) is 119 Å². The summed E-state index contributed by atoms with van der Waals surface area (Å²) in [7, 11) is 5.55. The van der Waals surface area contributed by atoms with Crippen LogP contribution in [0.5, 0.6) is 28.7 Å². The van der Waals surface area contributed by atoms with Crippen LogP contribution in [0.4, 0.5) is 0 Å². The predicted octanol–water partition coefficient (Wildman–Crippen LogP) is 10.9. The first-order valence-corrected chi connectivity index (χ1v) is 28.6. The first-order chi connectivity index (χ1) is 35.1. The number of dihydropyridines is 1. The molecule has 5 aliphatic heterocycles. The highest BCUT2D eigenvalue weighted by atomic mass is 33.1. The van der Waals surface area contributed by atoms with E-state index in [-0.39, 0.29) is 53.1 Å². The molecule has 5 heterocycles. The molecular weight excluding hydrogens is 939 g/mol. The van der Waals surface area contributed by atoms with Crippen molar-refractivity contribution in [2.24, 2.45) is 17.6 Å². The number of methoxy groups -OCH3 is 1. The summed E-state index contributed by atoms with van der Waals surface area (Å²) in [6.45, 7) is 3.70. The Morgan fingerprint density at radius 2 is 1.90 bits per heavy atom. The summed E-state index contributed by atoms with van der Waals surface area (Å²) in [4.78, 5) is 12.9. The second-order valence-corrected chi connectivity index (χ2v) is 24.2. The van der Waals surface area contributed by atoms with Gasteiger partial charge in [0.15, 0.2) is 11.5 Å². The van der Waals surface area contributed by atoms with Gasteiger partial charge in [0.25, 0.3) is 0 Å². The second-order valence-electron chi connectivity index (χ2n) is 21.6. The number of hydrogen-bond donors (Lipinski definition) is 5. The molecule has 72 heavy (non-hydrogen) atoms. The van der Waals surface area contributed by atoms with Crippen molar-refractivity contribution in [2.45, 2.75) is 138 Å². The molecule has 1 spiro atoms. The molecule has 12 rings (SSSR count).